The van der Waals surface area contributed by atoms with Gasteiger partial charge in [-0.05, 0) is 91.6 Å². The number of aromatic hydroxyl groups is 1. The fraction of sp³-hybridized carbons (Fsp3) is 0.579. The van der Waals surface area contributed by atoms with Gasteiger partial charge in [0.2, 0.25) is 0 Å². The van der Waals surface area contributed by atoms with Gasteiger partial charge in [-0.1, -0.05) is 0 Å². The number of phenols is 1. The fourth-order valence-electron chi connectivity index (χ4n) is 5.87. The predicted molar refractivity (Wildman–Crippen MR) is 102 cm³/mol. The molecule has 4 aliphatic carbocycles. The van der Waals surface area contributed by atoms with E-state index in [0.717, 1.165) is 28.9 Å². The Morgan fingerprint density at radius 1 is 1.28 bits per heavy atom. The number of hydrazone groups is 1. The molecule has 134 valence electrons. The van der Waals surface area contributed by atoms with Gasteiger partial charge in [-0.3, -0.25) is 5.43 Å². The molecule has 5 rings (SSSR count). The highest BCUT2D eigenvalue weighted by atomic mass is 32.1. The second-order valence-electron chi connectivity index (χ2n) is 8.05. The lowest BCUT2D eigenvalue weighted by Gasteiger charge is -2.57. The van der Waals surface area contributed by atoms with Crippen LogP contribution >= 0.6 is 12.2 Å². The van der Waals surface area contributed by atoms with E-state index in [4.69, 9.17) is 22.7 Å². The van der Waals surface area contributed by atoms with E-state index < -0.39 is 0 Å². The molecule has 0 radical (unpaired) electrons. The molecule has 0 saturated heterocycles. The van der Waals surface area contributed by atoms with Crippen LogP contribution in [0.1, 0.15) is 49.7 Å². The van der Waals surface area contributed by atoms with Gasteiger partial charge in [0.1, 0.15) is 0 Å². The van der Waals surface area contributed by atoms with Gasteiger partial charge in [0.25, 0.3) is 0 Å². The summed E-state index contributed by atoms with van der Waals surface area (Å²) in [6.45, 7) is 0. The molecule has 4 saturated carbocycles. The third-order valence-electron chi connectivity index (χ3n) is 6.32. The molecule has 4 fully saturated rings. The fourth-order valence-corrected chi connectivity index (χ4v) is 5.93. The number of phenolic OH excluding ortho intramolecular Hbond substituents is 1. The number of thiocarbonyl (C=S) groups is 1. The Morgan fingerprint density at radius 2 is 1.88 bits per heavy atom. The normalized spacial score (nSPS) is 32.9. The predicted octanol–water partition coefficient (Wildman–Crippen LogP) is 3.04. The average molecular weight is 359 g/mol. The number of nitrogens with zero attached hydrogens (tertiary/aromatic N) is 1. The van der Waals surface area contributed by atoms with Gasteiger partial charge in [-0.25, -0.2) is 0 Å². The Labute approximate surface area is 153 Å². The molecule has 0 atom stereocenters. The minimum atomic E-state index is 0.0898. The summed E-state index contributed by atoms with van der Waals surface area (Å²) in [5, 5.41) is 15.0. The standard InChI is InChI=1S/C19H25N3O2S/c1-24-16-6-14(10-21-22-18(20)25)5-15(17(16)23)19-7-11-2-12(8-19)4-13(3-11)9-19/h5-6,10-13,23H,2-4,7-9H2,1H3,(H3,20,22,25). The lowest BCUT2D eigenvalue weighted by molar-refractivity contribution is -0.00626. The van der Waals surface area contributed by atoms with Crippen LogP contribution in [-0.2, 0) is 5.41 Å². The van der Waals surface area contributed by atoms with Crippen molar-refractivity contribution in [2.75, 3.05) is 7.11 Å². The third-order valence-corrected chi connectivity index (χ3v) is 6.41. The minimum absolute atomic E-state index is 0.0898. The summed E-state index contributed by atoms with van der Waals surface area (Å²) in [6.07, 6.45) is 9.33. The maximum atomic E-state index is 10.9. The van der Waals surface area contributed by atoms with E-state index in [2.05, 4.69) is 16.6 Å². The topological polar surface area (TPSA) is 79.9 Å². The molecule has 0 unspecified atom stereocenters. The lowest BCUT2D eigenvalue weighted by Crippen LogP contribution is -2.48. The van der Waals surface area contributed by atoms with Gasteiger partial charge < -0.3 is 15.6 Å². The van der Waals surface area contributed by atoms with Gasteiger partial charge in [0, 0.05) is 5.56 Å². The van der Waals surface area contributed by atoms with Crippen LogP contribution in [0.15, 0.2) is 17.2 Å². The first-order chi connectivity index (χ1) is 12.0. The summed E-state index contributed by atoms with van der Waals surface area (Å²) in [5.74, 6) is 3.23. The van der Waals surface area contributed by atoms with E-state index in [1.165, 1.54) is 38.5 Å². The van der Waals surface area contributed by atoms with Crippen molar-refractivity contribution in [3.8, 4) is 11.5 Å². The number of rotatable bonds is 4. The molecule has 6 heteroatoms. The first kappa shape index (κ1) is 16.6. The largest absolute Gasteiger partial charge is 0.504 e. The van der Waals surface area contributed by atoms with E-state index in [9.17, 15) is 5.11 Å². The monoisotopic (exact) mass is 359 g/mol. The number of hydrogen-bond acceptors (Lipinski definition) is 4. The highest BCUT2D eigenvalue weighted by molar-refractivity contribution is 7.80. The zero-order chi connectivity index (χ0) is 17.6. The Kier molecular flexibility index (Phi) is 4.10. The lowest BCUT2D eigenvalue weighted by atomic mass is 9.48. The highest BCUT2D eigenvalue weighted by Gasteiger charge is 2.52. The summed E-state index contributed by atoms with van der Waals surface area (Å²) < 4.78 is 5.43. The van der Waals surface area contributed by atoms with E-state index >= 15 is 0 Å². The molecule has 0 aliphatic heterocycles. The van der Waals surface area contributed by atoms with Gasteiger partial charge in [-0.2, -0.15) is 5.10 Å². The number of hydrogen-bond donors (Lipinski definition) is 3. The molecule has 0 spiro atoms. The average Bonchev–Trinajstić information content (AvgIpc) is 2.54. The smallest absolute Gasteiger partial charge is 0.184 e. The van der Waals surface area contributed by atoms with Crippen molar-refractivity contribution in [1.82, 2.24) is 5.43 Å². The number of methoxy groups -OCH3 is 1. The van der Waals surface area contributed by atoms with E-state index in [-0.39, 0.29) is 10.5 Å². The molecule has 1 aromatic rings. The number of nitrogens with two attached hydrogens (primary N) is 1. The Morgan fingerprint density at radius 3 is 2.40 bits per heavy atom. The molecule has 1 aromatic carbocycles. The van der Waals surface area contributed by atoms with Crippen LogP contribution in [0.3, 0.4) is 0 Å². The molecule has 0 aromatic heterocycles. The maximum absolute atomic E-state index is 10.9. The van der Waals surface area contributed by atoms with E-state index in [1.54, 1.807) is 19.4 Å². The van der Waals surface area contributed by atoms with Crippen molar-refractivity contribution >= 4 is 23.5 Å². The van der Waals surface area contributed by atoms with Gasteiger partial charge in [-0.15, -0.1) is 0 Å². The Balaban J connectivity index is 1.73. The van der Waals surface area contributed by atoms with Crippen molar-refractivity contribution < 1.29 is 9.84 Å². The molecular formula is C19H25N3O2S. The van der Waals surface area contributed by atoms with E-state index in [0.29, 0.717) is 11.5 Å². The Hall–Kier alpha value is -1.82. The van der Waals surface area contributed by atoms with Crippen molar-refractivity contribution in [1.29, 1.82) is 0 Å². The summed E-state index contributed by atoms with van der Waals surface area (Å²) in [6, 6.07) is 3.86. The molecular weight excluding hydrogens is 334 g/mol. The first-order valence-corrected chi connectivity index (χ1v) is 9.40. The van der Waals surface area contributed by atoms with Crippen LogP contribution < -0.4 is 15.9 Å². The zero-order valence-corrected chi connectivity index (χ0v) is 15.3. The third kappa shape index (κ3) is 2.97. The quantitative estimate of drug-likeness (QED) is 0.437. The SMILES string of the molecule is COc1cc(C=NNC(N)=S)cc(C23CC4CC(CC(C4)C2)C3)c1O. The maximum Gasteiger partial charge on any atom is 0.184 e. The summed E-state index contributed by atoms with van der Waals surface area (Å²) in [7, 11) is 1.59. The van der Waals surface area contributed by atoms with Crippen LogP contribution in [0, 0.1) is 17.8 Å². The highest BCUT2D eigenvalue weighted by Crippen LogP contribution is 2.62. The second-order valence-corrected chi connectivity index (χ2v) is 8.49. The van der Waals surface area contributed by atoms with Gasteiger partial charge in [0.05, 0.1) is 13.3 Å². The number of ether oxygens (including phenoxy) is 1. The van der Waals surface area contributed by atoms with Crippen molar-refractivity contribution in [3.05, 3.63) is 23.3 Å². The summed E-state index contributed by atoms with van der Waals surface area (Å²) in [4.78, 5) is 0. The second kappa shape index (κ2) is 6.16. The molecule has 4 bridgehead atoms. The van der Waals surface area contributed by atoms with Crippen LogP contribution in [-0.4, -0.2) is 23.5 Å². The zero-order valence-electron chi connectivity index (χ0n) is 14.5. The molecule has 25 heavy (non-hydrogen) atoms. The van der Waals surface area contributed by atoms with Crippen LogP contribution in [0.2, 0.25) is 0 Å². The summed E-state index contributed by atoms with van der Waals surface area (Å²) in [5.41, 5.74) is 9.99. The molecule has 0 amide bonds. The van der Waals surface area contributed by atoms with Crippen LogP contribution in [0.4, 0.5) is 0 Å². The first-order valence-electron chi connectivity index (χ1n) is 8.99. The van der Waals surface area contributed by atoms with Crippen LogP contribution in [0.25, 0.3) is 0 Å². The Bertz CT molecular complexity index is 696. The molecule has 4 aliphatic rings. The number of benzene rings is 1. The van der Waals surface area contributed by atoms with Gasteiger partial charge >= 0.3 is 0 Å². The van der Waals surface area contributed by atoms with Crippen LogP contribution in [0.5, 0.6) is 11.5 Å². The van der Waals surface area contributed by atoms with Crippen molar-refractivity contribution in [3.63, 3.8) is 0 Å². The van der Waals surface area contributed by atoms with E-state index in [1.807, 2.05) is 0 Å². The van der Waals surface area contributed by atoms with Gasteiger partial charge in [0.15, 0.2) is 16.6 Å². The molecule has 5 nitrogen and oxygen atoms in total. The summed E-state index contributed by atoms with van der Waals surface area (Å²) >= 11 is 4.77. The molecule has 0 heterocycles. The van der Waals surface area contributed by atoms with Crippen molar-refractivity contribution in [2.24, 2.45) is 28.6 Å². The minimum Gasteiger partial charge on any atom is -0.504 e. The molecule has 4 N–H and O–H groups in total. The van der Waals surface area contributed by atoms with Crippen molar-refractivity contribution in [2.45, 2.75) is 43.9 Å². The number of nitrogens with one attached hydrogen (secondary N) is 1.